The number of halogens is 1. The van der Waals surface area contributed by atoms with Gasteiger partial charge in [-0.05, 0) is 30.7 Å². The molecule has 0 saturated heterocycles. The monoisotopic (exact) mass is 284 g/mol. The molecule has 3 rings (SSSR count). The van der Waals surface area contributed by atoms with Gasteiger partial charge in [-0.25, -0.2) is 0 Å². The predicted molar refractivity (Wildman–Crippen MR) is 79.8 cm³/mol. The standard InChI is InChI=1S/C16H13ClN2O/c1-10-7-11(9-18-8-10)16(20)13-4-5-14(17)12-3-2-6-19-15(12)13/h2-9,16,20H,1H3. The van der Waals surface area contributed by atoms with Crippen LogP contribution in [-0.2, 0) is 0 Å². The van der Waals surface area contributed by atoms with E-state index in [1.54, 1.807) is 24.7 Å². The molecule has 1 N–H and O–H groups in total. The molecule has 2 heterocycles. The highest BCUT2D eigenvalue weighted by atomic mass is 35.5. The summed E-state index contributed by atoms with van der Waals surface area (Å²) in [4.78, 5) is 8.47. The largest absolute Gasteiger partial charge is 0.384 e. The topological polar surface area (TPSA) is 46.0 Å². The lowest BCUT2D eigenvalue weighted by molar-refractivity contribution is 0.221. The molecule has 20 heavy (non-hydrogen) atoms. The maximum absolute atomic E-state index is 10.6. The number of hydrogen-bond donors (Lipinski definition) is 1. The Morgan fingerprint density at radius 3 is 2.85 bits per heavy atom. The van der Waals surface area contributed by atoms with Crippen molar-refractivity contribution in [3.63, 3.8) is 0 Å². The number of aliphatic hydroxyl groups excluding tert-OH is 1. The summed E-state index contributed by atoms with van der Waals surface area (Å²) in [7, 11) is 0. The Labute approximate surface area is 121 Å². The second kappa shape index (κ2) is 5.19. The molecule has 2 aromatic heterocycles. The first-order chi connectivity index (χ1) is 9.66. The van der Waals surface area contributed by atoms with Gasteiger partial charge in [0.2, 0.25) is 0 Å². The quantitative estimate of drug-likeness (QED) is 0.781. The van der Waals surface area contributed by atoms with Crippen molar-refractivity contribution in [1.29, 1.82) is 0 Å². The molecule has 0 aliphatic heterocycles. The van der Waals surface area contributed by atoms with E-state index in [1.165, 1.54) is 0 Å². The molecule has 1 aromatic carbocycles. The maximum atomic E-state index is 10.6. The van der Waals surface area contributed by atoms with Gasteiger partial charge in [0.15, 0.2) is 0 Å². The van der Waals surface area contributed by atoms with E-state index >= 15 is 0 Å². The van der Waals surface area contributed by atoms with Crippen molar-refractivity contribution in [3.05, 3.63) is 70.6 Å². The normalized spacial score (nSPS) is 12.6. The summed E-state index contributed by atoms with van der Waals surface area (Å²) in [5.41, 5.74) is 3.21. The third-order valence-corrected chi connectivity index (χ3v) is 3.58. The minimum absolute atomic E-state index is 0.631. The van der Waals surface area contributed by atoms with Crippen LogP contribution in [0.5, 0.6) is 0 Å². The van der Waals surface area contributed by atoms with Gasteiger partial charge in [-0.3, -0.25) is 9.97 Å². The third-order valence-electron chi connectivity index (χ3n) is 3.25. The summed E-state index contributed by atoms with van der Waals surface area (Å²) in [5, 5.41) is 12.1. The summed E-state index contributed by atoms with van der Waals surface area (Å²) < 4.78 is 0. The molecule has 0 spiro atoms. The lowest BCUT2D eigenvalue weighted by Gasteiger charge is -2.14. The van der Waals surface area contributed by atoms with Gasteiger partial charge in [-0.1, -0.05) is 23.7 Å². The average Bonchev–Trinajstić information content (AvgIpc) is 2.47. The average molecular weight is 285 g/mol. The molecule has 0 amide bonds. The molecule has 0 bridgehead atoms. The van der Waals surface area contributed by atoms with Crippen LogP contribution in [0.3, 0.4) is 0 Å². The van der Waals surface area contributed by atoms with E-state index in [0.717, 1.165) is 22.1 Å². The van der Waals surface area contributed by atoms with E-state index in [-0.39, 0.29) is 0 Å². The molecular formula is C16H13ClN2O. The number of aliphatic hydroxyl groups is 1. The van der Waals surface area contributed by atoms with Gasteiger partial charge in [-0.15, -0.1) is 0 Å². The molecular weight excluding hydrogens is 272 g/mol. The van der Waals surface area contributed by atoms with E-state index in [4.69, 9.17) is 11.6 Å². The highest BCUT2D eigenvalue weighted by Gasteiger charge is 2.16. The van der Waals surface area contributed by atoms with Crippen LogP contribution >= 0.6 is 11.6 Å². The van der Waals surface area contributed by atoms with Crippen molar-refractivity contribution in [2.75, 3.05) is 0 Å². The van der Waals surface area contributed by atoms with Gasteiger partial charge in [0, 0.05) is 40.1 Å². The Morgan fingerprint density at radius 1 is 1.20 bits per heavy atom. The van der Waals surface area contributed by atoms with Crippen LogP contribution in [0.1, 0.15) is 22.8 Å². The molecule has 3 nitrogen and oxygen atoms in total. The van der Waals surface area contributed by atoms with Crippen molar-refractivity contribution in [1.82, 2.24) is 9.97 Å². The molecule has 0 aliphatic carbocycles. The Bertz CT molecular complexity index is 773. The summed E-state index contributed by atoms with van der Waals surface area (Å²) in [5.74, 6) is 0. The number of aryl methyl sites for hydroxylation is 1. The van der Waals surface area contributed by atoms with Crippen LogP contribution in [0.25, 0.3) is 10.9 Å². The fraction of sp³-hybridized carbons (Fsp3) is 0.125. The second-order valence-corrected chi connectivity index (χ2v) is 5.14. The van der Waals surface area contributed by atoms with Gasteiger partial charge in [0.05, 0.1) is 5.52 Å². The number of pyridine rings is 2. The fourth-order valence-electron chi connectivity index (χ4n) is 2.29. The molecule has 0 aliphatic rings. The smallest absolute Gasteiger partial charge is 0.108 e. The van der Waals surface area contributed by atoms with Crippen molar-refractivity contribution < 1.29 is 5.11 Å². The lowest BCUT2D eigenvalue weighted by Crippen LogP contribution is -2.02. The molecule has 0 fully saturated rings. The summed E-state index contributed by atoms with van der Waals surface area (Å²) in [6.45, 7) is 1.95. The van der Waals surface area contributed by atoms with Crippen LogP contribution in [0.15, 0.2) is 48.9 Å². The first kappa shape index (κ1) is 13.0. The maximum Gasteiger partial charge on any atom is 0.108 e. The van der Waals surface area contributed by atoms with Crippen LogP contribution in [0.4, 0.5) is 0 Å². The number of rotatable bonds is 2. The molecule has 4 heteroatoms. The Kier molecular flexibility index (Phi) is 3.38. The first-order valence-corrected chi connectivity index (χ1v) is 6.67. The molecule has 1 atom stereocenters. The van der Waals surface area contributed by atoms with Gasteiger partial charge in [0.25, 0.3) is 0 Å². The lowest BCUT2D eigenvalue weighted by atomic mass is 9.99. The van der Waals surface area contributed by atoms with Crippen molar-refractivity contribution in [2.45, 2.75) is 13.0 Å². The molecule has 0 radical (unpaired) electrons. The van der Waals surface area contributed by atoms with E-state index in [9.17, 15) is 5.11 Å². The zero-order valence-electron chi connectivity index (χ0n) is 10.9. The molecule has 0 saturated carbocycles. The molecule has 100 valence electrons. The molecule has 1 unspecified atom stereocenters. The number of benzene rings is 1. The fourth-order valence-corrected chi connectivity index (χ4v) is 2.50. The van der Waals surface area contributed by atoms with E-state index in [1.807, 2.05) is 31.2 Å². The Balaban J connectivity index is 2.17. The van der Waals surface area contributed by atoms with Crippen molar-refractivity contribution in [3.8, 4) is 0 Å². The van der Waals surface area contributed by atoms with Gasteiger partial charge < -0.3 is 5.11 Å². The van der Waals surface area contributed by atoms with E-state index < -0.39 is 6.10 Å². The number of aromatic nitrogens is 2. The van der Waals surface area contributed by atoms with Crippen molar-refractivity contribution in [2.24, 2.45) is 0 Å². The third kappa shape index (κ3) is 2.26. The van der Waals surface area contributed by atoms with Crippen LogP contribution in [0, 0.1) is 6.92 Å². The number of nitrogens with zero attached hydrogens (tertiary/aromatic N) is 2. The van der Waals surface area contributed by atoms with E-state index in [2.05, 4.69) is 9.97 Å². The summed E-state index contributed by atoms with van der Waals surface area (Å²) in [6.07, 6.45) is 4.36. The van der Waals surface area contributed by atoms with E-state index in [0.29, 0.717) is 10.5 Å². The van der Waals surface area contributed by atoms with Crippen molar-refractivity contribution >= 4 is 22.5 Å². The summed E-state index contributed by atoms with van der Waals surface area (Å²) in [6, 6.07) is 9.24. The SMILES string of the molecule is Cc1cncc(C(O)c2ccc(Cl)c3cccnc23)c1. The number of fused-ring (bicyclic) bond motifs is 1. The summed E-state index contributed by atoms with van der Waals surface area (Å²) >= 11 is 6.17. The van der Waals surface area contributed by atoms with Crippen LogP contribution in [-0.4, -0.2) is 15.1 Å². The van der Waals surface area contributed by atoms with Gasteiger partial charge in [-0.2, -0.15) is 0 Å². The van der Waals surface area contributed by atoms with Gasteiger partial charge >= 0.3 is 0 Å². The predicted octanol–water partition coefficient (Wildman–Crippen LogP) is 3.67. The van der Waals surface area contributed by atoms with Crippen LogP contribution < -0.4 is 0 Å². The first-order valence-electron chi connectivity index (χ1n) is 6.29. The van der Waals surface area contributed by atoms with Crippen LogP contribution in [0.2, 0.25) is 5.02 Å². The minimum Gasteiger partial charge on any atom is -0.384 e. The Hall–Kier alpha value is -1.97. The Morgan fingerprint density at radius 2 is 2.05 bits per heavy atom. The zero-order valence-corrected chi connectivity index (χ0v) is 11.7. The number of hydrogen-bond acceptors (Lipinski definition) is 3. The minimum atomic E-state index is -0.767. The molecule has 3 aromatic rings. The second-order valence-electron chi connectivity index (χ2n) is 4.73. The zero-order chi connectivity index (χ0) is 14.1. The highest BCUT2D eigenvalue weighted by Crippen LogP contribution is 2.31. The van der Waals surface area contributed by atoms with Gasteiger partial charge in [0.1, 0.15) is 6.10 Å². The highest BCUT2D eigenvalue weighted by molar-refractivity contribution is 6.35.